The van der Waals surface area contributed by atoms with Crippen LogP contribution in [0.5, 0.6) is 0 Å². The summed E-state index contributed by atoms with van der Waals surface area (Å²) in [7, 11) is 2.24. The molecule has 2 saturated carbocycles. The molecule has 2 fully saturated rings. The fourth-order valence-corrected chi connectivity index (χ4v) is 3.14. The van der Waals surface area contributed by atoms with Crippen LogP contribution in [0.1, 0.15) is 57.8 Å². The number of hydrogen-bond acceptors (Lipinski definition) is 2. The Bertz CT molecular complexity index is 221. The molecule has 0 aromatic carbocycles. The van der Waals surface area contributed by atoms with Crippen molar-refractivity contribution in [2.75, 3.05) is 7.05 Å². The fraction of sp³-hybridized carbons (Fsp3) is 0.923. The Hall–Kier alpha value is -0.370. The van der Waals surface area contributed by atoms with Gasteiger partial charge in [-0.2, -0.15) is 0 Å². The molecule has 0 N–H and O–H groups in total. The summed E-state index contributed by atoms with van der Waals surface area (Å²) in [4.78, 5) is 13.9. The third-order valence-corrected chi connectivity index (χ3v) is 4.18. The Morgan fingerprint density at radius 1 is 1.00 bits per heavy atom. The molecule has 2 aliphatic carbocycles. The minimum absolute atomic E-state index is 0.480. The molecular weight excluding hydrogens is 186 g/mol. The third kappa shape index (κ3) is 2.81. The van der Waals surface area contributed by atoms with E-state index in [-0.39, 0.29) is 0 Å². The van der Waals surface area contributed by atoms with Crippen LogP contribution in [0.15, 0.2) is 0 Å². The first-order valence-electron chi connectivity index (χ1n) is 6.51. The van der Waals surface area contributed by atoms with E-state index in [0.29, 0.717) is 11.8 Å². The molecule has 15 heavy (non-hydrogen) atoms. The molecule has 0 aromatic heterocycles. The van der Waals surface area contributed by atoms with Crippen molar-refractivity contribution in [2.45, 2.75) is 69.9 Å². The van der Waals surface area contributed by atoms with Crippen LogP contribution in [-0.4, -0.2) is 29.8 Å². The Morgan fingerprint density at radius 3 is 2.33 bits per heavy atom. The molecule has 0 spiro atoms. The van der Waals surface area contributed by atoms with Crippen LogP contribution in [0.4, 0.5) is 0 Å². The lowest BCUT2D eigenvalue weighted by Crippen LogP contribution is -2.43. The maximum absolute atomic E-state index is 11.4. The molecule has 1 unspecified atom stereocenters. The lowest BCUT2D eigenvalue weighted by Gasteiger charge is -2.38. The van der Waals surface area contributed by atoms with Gasteiger partial charge in [0, 0.05) is 24.9 Å². The molecule has 2 rings (SSSR count). The minimum atomic E-state index is 0.480. The van der Waals surface area contributed by atoms with Gasteiger partial charge in [-0.1, -0.05) is 19.3 Å². The summed E-state index contributed by atoms with van der Waals surface area (Å²) in [5, 5.41) is 0. The molecule has 0 aromatic rings. The summed E-state index contributed by atoms with van der Waals surface area (Å²) in [5.41, 5.74) is 0. The third-order valence-electron chi connectivity index (χ3n) is 4.18. The molecular formula is C13H23NO. The van der Waals surface area contributed by atoms with Crippen LogP contribution in [0, 0.1) is 0 Å². The molecule has 0 amide bonds. The van der Waals surface area contributed by atoms with Gasteiger partial charge in [-0.15, -0.1) is 0 Å². The second-order valence-electron chi connectivity index (χ2n) is 5.25. The van der Waals surface area contributed by atoms with E-state index in [1.165, 1.54) is 38.5 Å². The first kappa shape index (κ1) is 11.1. The van der Waals surface area contributed by atoms with Crippen molar-refractivity contribution in [1.29, 1.82) is 0 Å². The Kier molecular flexibility index (Phi) is 3.79. The monoisotopic (exact) mass is 209 g/mol. The smallest absolute Gasteiger partial charge is 0.134 e. The number of carbonyl (C=O) groups is 1. The summed E-state index contributed by atoms with van der Waals surface area (Å²) in [6, 6.07) is 1.31. The SMILES string of the molecule is CN(C1CCCCC1)C1CCCC(=O)C1. The topological polar surface area (TPSA) is 20.3 Å². The highest BCUT2D eigenvalue weighted by atomic mass is 16.1. The van der Waals surface area contributed by atoms with E-state index in [2.05, 4.69) is 11.9 Å². The molecule has 2 heteroatoms. The Labute approximate surface area is 93.0 Å². The maximum Gasteiger partial charge on any atom is 0.134 e. The van der Waals surface area contributed by atoms with E-state index < -0.39 is 0 Å². The maximum atomic E-state index is 11.4. The van der Waals surface area contributed by atoms with Crippen molar-refractivity contribution in [3.8, 4) is 0 Å². The van der Waals surface area contributed by atoms with Crippen molar-refractivity contribution in [3.63, 3.8) is 0 Å². The number of Topliss-reactive ketones (excluding diaryl/α,β-unsaturated/α-hetero) is 1. The van der Waals surface area contributed by atoms with Crippen molar-refractivity contribution < 1.29 is 4.79 Å². The molecule has 2 nitrogen and oxygen atoms in total. The summed E-state index contributed by atoms with van der Waals surface area (Å²) >= 11 is 0. The first-order valence-corrected chi connectivity index (χ1v) is 6.51. The van der Waals surface area contributed by atoms with Crippen LogP contribution < -0.4 is 0 Å². The normalized spacial score (nSPS) is 29.7. The molecule has 0 bridgehead atoms. The van der Waals surface area contributed by atoms with E-state index in [4.69, 9.17) is 0 Å². The van der Waals surface area contributed by atoms with Gasteiger partial charge in [0.15, 0.2) is 0 Å². The average molecular weight is 209 g/mol. The van der Waals surface area contributed by atoms with Gasteiger partial charge >= 0.3 is 0 Å². The number of rotatable bonds is 2. The van der Waals surface area contributed by atoms with Gasteiger partial charge < -0.3 is 4.90 Å². The van der Waals surface area contributed by atoms with Crippen LogP contribution in [0.3, 0.4) is 0 Å². The number of ketones is 1. The van der Waals surface area contributed by atoms with Gasteiger partial charge in [0.05, 0.1) is 0 Å². The summed E-state index contributed by atoms with van der Waals surface area (Å²) in [6.45, 7) is 0. The largest absolute Gasteiger partial charge is 0.300 e. The first-order chi connectivity index (χ1) is 7.27. The van der Waals surface area contributed by atoms with E-state index in [1.807, 2.05) is 0 Å². The minimum Gasteiger partial charge on any atom is -0.300 e. The van der Waals surface area contributed by atoms with Crippen molar-refractivity contribution in [1.82, 2.24) is 4.90 Å². The van der Waals surface area contributed by atoms with E-state index in [9.17, 15) is 4.79 Å². The average Bonchev–Trinajstić information content (AvgIpc) is 2.29. The second kappa shape index (κ2) is 5.11. The Morgan fingerprint density at radius 2 is 1.67 bits per heavy atom. The molecule has 86 valence electrons. The van der Waals surface area contributed by atoms with Gasteiger partial charge in [0.1, 0.15) is 5.78 Å². The van der Waals surface area contributed by atoms with Gasteiger partial charge in [0.25, 0.3) is 0 Å². The Balaban J connectivity index is 1.87. The molecule has 1 atom stereocenters. The summed E-state index contributed by atoms with van der Waals surface area (Å²) in [6.07, 6.45) is 10.9. The highest BCUT2D eigenvalue weighted by molar-refractivity contribution is 5.79. The van der Waals surface area contributed by atoms with E-state index >= 15 is 0 Å². The standard InChI is InChI=1S/C13H23NO/c1-14(11-6-3-2-4-7-11)12-8-5-9-13(15)10-12/h11-12H,2-10H2,1H3. The highest BCUT2D eigenvalue weighted by Crippen LogP contribution is 2.27. The molecule has 0 radical (unpaired) electrons. The quantitative estimate of drug-likeness (QED) is 0.697. The zero-order valence-corrected chi connectivity index (χ0v) is 9.87. The highest BCUT2D eigenvalue weighted by Gasteiger charge is 2.28. The van der Waals surface area contributed by atoms with E-state index in [0.717, 1.165) is 25.3 Å². The van der Waals surface area contributed by atoms with Crippen LogP contribution in [0.25, 0.3) is 0 Å². The van der Waals surface area contributed by atoms with Crippen LogP contribution in [0.2, 0.25) is 0 Å². The van der Waals surface area contributed by atoms with E-state index in [1.54, 1.807) is 0 Å². The van der Waals surface area contributed by atoms with Gasteiger partial charge in [0.2, 0.25) is 0 Å². The van der Waals surface area contributed by atoms with Gasteiger partial charge in [-0.05, 0) is 32.7 Å². The molecule has 0 heterocycles. The zero-order valence-electron chi connectivity index (χ0n) is 9.87. The number of nitrogens with zero attached hydrogens (tertiary/aromatic N) is 1. The van der Waals surface area contributed by atoms with Crippen molar-refractivity contribution in [2.24, 2.45) is 0 Å². The number of hydrogen-bond donors (Lipinski definition) is 0. The zero-order chi connectivity index (χ0) is 10.7. The van der Waals surface area contributed by atoms with Crippen molar-refractivity contribution >= 4 is 5.78 Å². The molecule has 2 aliphatic rings. The lowest BCUT2D eigenvalue weighted by molar-refractivity contribution is -0.122. The predicted octanol–water partition coefficient (Wildman–Crippen LogP) is 2.76. The fourth-order valence-electron chi connectivity index (χ4n) is 3.14. The molecule has 0 aliphatic heterocycles. The van der Waals surface area contributed by atoms with Gasteiger partial charge in [-0.25, -0.2) is 0 Å². The van der Waals surface area contributed by atoms with Crippen molar-refractivity contribution in [3.05, 3.63) is 0 Å². The second-order valence-corrected chi connectivity index (χ2v) is 5.25. The van der Waals surface area contributed by atoms with Gasteiger partial charge in [-0.3, -0.25) is 4.79 Å². The molecule has 0 saturated heterocycles. The number of carbonyl (C=O) groups excluding carboxylic acids is 1. The van der Waals surface area contributed by atoms with Crippen LogP contribution in [-0.2, 0) is 4.79 Å². The summed E-state index contributed by atoms with van der Waals surface area (Å²) < 4.78 is 0. The van der Waals surface area contributed by atoms with Crippen LogP contribution >= 0.6 is 0 Å². The predicted molar refractivity (Wildman–Crippen MR) is 61.9 cm³/mol. The lowest BCUT2D eigenvalue weighted by atomic mass is 9.89. The summed E-state index contributed by atoms with van der Waals surface area (Å²) in [5.74, 6) is 0.480.